The molecule has 0 aliphatic rings. The topological polar surface area (TPSA) is 30.2 Å². The second-order valence-electron chi connectivity index (χ2n) is 5.46. The molecule has 0 aliphatic carbocycles. The van der Waals surface area contributed by atoms with Crippen LogP contribution in [0.1, 0.15) is 29.9 Å². The highest BCUT2D eigenvalue weighted by molar-refractivity contribution is 5.88. The first-order valence-electron chi connectivity index (χ1n) is 7.38. The summed E-state index contributed by atoms with van der Waals surface area (Å²) in [6.45, 7) is 3.53. The fourth-order valence-electron chi connectivity index (χ4n) is 2.81. The molecule has 0 amide bonds. The van der Waals surface area contributed by atoms with Crippen molar-refractivity contribution < 1.29 is 9.21 Å². The molecule has 0 radical (unpaired) electrons. The van der Waals surface area contributed by atoms with Gasteiger partial charge in [-0.2, -0.15) is 0 Å². The fourth-order valence-corrected chi connectivity index (χ4v) is 2.81. The van der Waals surface area contributed by atoms with Gasteiger partial charge in [0.05, 0.1) is 0 Å². The zero-order chi connectivity index (χ0) is 15.5. The molecule has 0 fully saturated rings. The summed E-state index contributed by atoms with van der Waals surface area (Å²) in [7, 11) is 0. The normalized spacial score (nSPS) is 12.1. The molecule has 22 heavy (non-hydrogen) atoms. The largest absolute Gasteiger partial charge is 0.465 e. The fraction of sp³-hybridized carbons (Fsp3) is 0.150. The smallest absolute Gasteiger partial charge is 0.144 e. The molecule has 1 unspecified atom stereocenters. The Bertz CT molecular complexity index is 770. The van der Waals surface area contributed by atoms with Crippen LogP contribution in [0.25, 0.3) is 11.1 Å². The van der Waals surface area contributed by atoms with Crippen molar-refractivity contribution in [1.82, 2.24) is 0 Å². The van der Waals surface area contributed by atoms with Crippen LogP contribution in [0, 0.1) is 6.92 Å². The predicted molar refractivity (Wildman–Crippen MR) is 87.8 cm³/mol. The molecule has 3 rings (SSSR count). The molecule has 1 heterocycles. The van der Waals surface area contributed by atoms with Crippen molar-refractivity contribution in [3.8, 4) is 11.1 Å². The minimum Gasteiger partial charge on any atom is -0.465 e. The summed E-state index contributed by atoms with van der Waals surface area (Å²) in [6, 6.07) is 21.8. The predicted octanol–water partition coefficient (Wildman–Crippen LogP) is 4.98. The third-order valence-corrected chi connectivity index (χ3v) is 3.77. The molecule has 0 spiro atoms. The summed E-state index contributed by atoms with van der Waals surface area (Å²) in [4.78, 5) is 12.3. The highest BCUT2D eigenvalue weighted by Crippen LogP contribution is 2.36. The molecule has 3 aromatic rings. The summed E-state index contributed by atoms with van der Waals surface area (Å²) in [5.74, 6) is 1.25. The van der Waals surface area contributed by atoms with Gasteiger partial charge in [-0.1, -0.05) is 60.7 Å². The number of rotatable bonds is 4. The van der Waals surface area contributed by atoms with Crippen molar-refractivity contribution in [2.24, 2.45) is 0 Å². The van der Waals surface area contributed by atoms with E-state index in [0.29, 0.717) is 0 Å². The van der Waals surface area contributed by atoms with E-state index in [2.05, 4.69) is 0 Å². The maximum atomic E-state index is 12.3. The number of hydrogen-bond acceptors (Lipinski definition) is 2. The van der Waals surface area contributed by atoms with Gasteiger partial charge in [0.15, 0.2) is 0 Å². The van der Waals surface area contributed by atoms with E-state index < -0.39 is 0 Å². The molecule has 0 saturated heterocycles. The Labute approximate surface area is 130 Å². The van der Waals surface area contributed by atoms with Gasteiger partial charge in [-0.25, -0.2) is 0 Å². The van der Waals surface area contributed by atoms with Crippen molar-refractivity contribution in [2.45, 2.75) is 19.8 Å². The minimum atomic E-state index is -0.370. The lowest BCUT2D eigenvalue weighted by atomic mass is 9.89. The van der Waals surface area contributed by atoms with Crippen LogP contribution in [0.15, 0.2) is 71.1 Å². The van der Waals surface area contributed by atoms with E-state index in [1.807, 2.05) is 73.7 Å². The molecule has 2 nitrogen and oxygen atoms in total. The van der Waals surface area contributed by atoms with E-state index in [0.717, 1.165) is 28.2 Å². The number of carbonyl (C=O) groups is 1. The van der Waals surface area contributed by atoms with Gasteiger partial charge in [0, 0.05) is 5.56 Å². The van der Waals surface area contributed by atoms with Crippen LogP contribution in [-0.2, 0) is 4.79 Å². The Morgan fingerprint density at radius 2 is 1.55 bits per heavy atom. The monoisotopic (exact) mass is 290 g/mol. The molecule has 2 heteroatoms. The number of furan rings is 1. The molecular weight excluding hydrogens is 272 g/mol. The van der Waals surface area contributed by atoms with Crippen molar-refractivity contribution >= 4 is 5.78 Å². The highest BCUT2D eigenvalue weighted by Gasteiger charge is 2.26. The Balaban J connectivity index is 2.16. The molecule has 0 N–H and O–H groups in total. The maximum Gasteiger partial charge on any atom is 0.144 e. The van der Waals surface area contributed by atoms with E-state index in [9.17, 15) is 4.79 Å². The van der Waals surface area contributed by atoms with Crippen LogP contribution in [0.2, 0.25) is 0 Å². The third-order valence-electron chi connectivity index (χ3n) is 3.77. The Morgan fingerprint density at radius 3 is 2.14 bits per heavy atom. The number of ketones is 1. The van der Waals surface area contributed by atoms with Crippen LogP contribution < -0.4 is 0 Å². The Hall–Kier alpha value is -2.61. The molecule has 0 saturated carbocycles. The minimum absolute atomic E-state index is 0.0812. The highest BCUT2D eigenvalue weighted by atomic mass is 16.3. The summed E-state index contributed by atoms with van der Waals surface area (Å²) in [5.41, 5.74) is 3.01. The molecule has 0 aliphatic heterocycles. The molecule has 1 atom stereocenters. The van der Waals surface area contributed by atoms with Crippen LogP contribution in [0.4, 0.5) is 0 Å². The summed E-state index contributed by atoms with van der Waals surface area (Å²) in [5, 5.41) is 0. The molecule has 110 valence electrons. The van der Waals surface area contributed by atoms with E-state index in [4.69, 9.17) is 4.42 Å². The van der Waals surface area contributed by atoms with Gasteiger partial charge < -0.3 is 4.42 Å². The van der Waals surface area contributed by atoms with Gasteiger partial charge in [-0.3, -0.25) is 4.79 Å². The van der Waals surface area contributed by atoms with Crippen LogP contribution in [-0.4, -0.2) is 5.78 Å². The van der Waals surface area contributed by atoms with Gasteiger partial charge in [0.2, 0.25) is 0 Å². The first-order valence-corrected chi connectivity index (χ1v) is 7.38. The standard InChI is InChI=1S/C20H18O2/c1-14-13-18(16-9-5-3-6-10-16)20(22-14)19(15(2)21)17-11-7-4-8-12-17/h3-13,19H,1-2H3. The van der Waals surface area contributed by atoms with Gasteiger partial charge in [0.25, 0.3) is 0 Å². The quantitative estimate of drug-likeness (QED) is 0.678. The lowest BCUT2D eigenvalue weighted by Gasteiger charge is -2.14. The zero-order valence-electron chi connectivity index (χ0n) is 12.7. The third kappa shape index (κ3) is 2.73. The Morgan fingerprint density at radius 1 is 0.955 bits per heavy atom. The molecule has 1 aromatic heterocycles. The van der Waals surface area contributed by atoms with E-state index in [-0.39, 0.29) is 11.7 Å². The molecular formula is C20H18O2. The zero-order valence-corrected chi connectivity index (χ0v) is 12.7. The van der Waals surface area contributed by atoms with Crippen molar-refractivity contribution in [3.63, 3.8) is 0 Å². The summed E-state index contributed by atoms with van der Waals surface area (Å²) >= 11 is 0. The number of carbonyl (C=O) groups excluding carboxylic acids is 1. The van der Waals surface area contributed by atoms with Crippen LogP contribution >= 0.6 is 0 Å². The number of hydrogen-bond donors (Lipinski definition) is 0. The SMILES string of the molecule is CC(=O)C(c1ccccc1)c1oc(C)cc1-c1ccccc1. The van der Waals surface area contributed by atoms with Crippen molar-refractivity contribution in [3.05, 3.63) is 83.8 Å². The summed E-state index contributed by atoms with van der Waals surface area (Å²) < 4.78 is 5.93. The van der Waals surface area contributed by atoms with Gasteiger partial charge >= 0.3 is 0 Å². The summed E-state index contributed by atoms with van der Waals surface area (Å²) in [6.07, 6.45) is 0. The average Bonchev–Trinajstić information content (AvgIpc) is 2.90. The van der Waals surface area contributed by atoms with Crippen LogP contribution in [0.5, 0.6) is 0 Å². The van der Waals surface area contributed by atoms with Gasteiger partial charge in [-0.15, -0.1) is 0 Å². The van der Waals surface area contributed by atoms with Gasteiger partial charge in [0.1, 0.15) is 23.2 Å². The van der Waals surface area contributed by atoms with E-state index in [1.54, 1.807) is 6.92 Å². The lowest BCUT2D eigenvalue weighted by Crippen LogP contribution is -2.10. The second-order valence-corrected chi connectivity index (χ2v) is 5.46. The van der Waals surface area contributed by atoms with Crippen molar-refractivity contribution in [1.29, 1.82) is 0 Å². The second kappa shape index (κ2) is 6.02. The number of benzene rings is 2. The van der Waals surface area contributed by atoms with Crippen LogP contribution in [0.3, 0.4) is 0 Å². The Kier molecular flexibility index (Phi) is 3.92. The van der Waals surface area contributed by atoms with E-state index in [1.165, 1.54) is 0 Å². The van der Waals surface area contributed by atoms with E-state index >= 15 is 0 Å². The number of aryl methyl sites for hydroxylation is 1. The maximum absolute atomic E-state index is 12.3. The average molecular weight is 290 g/mol. The van der Waals surface area contributed by atoms with Crippen molar-refractivity contribution in [2.75, 3.05) is 0 Å². The number of Topliss-reactive ketones (excluding diaryl/α,β-unsaturated/α-hetero) is 1. The first-order chi connectivity index (χ1) is 10.7. The first kappa shape index (κ1) is 14.3. The molecule has 0 bridgehead atoms. The molecule has 2 aromatic carbocycles. The lowest BCUT2D eigenvalue weighted by molar-refractivity contribution is -0.117. The van der Waals surface area contributed by atoms with Gasteiger partial charge in [-0.05, 0) is 31.0 Å².